The number of nitriles is 1. The van der Waals surface area contributed by atoms with Crippen molar-refractivity contribution in [3.8, 4) is 6.07 Å². The zero-order valence-electron chi connectivity index (χ0n) is 10.3. The van der Waals surface area contributed by atoms with E-state index >= 15 is 0 Å². The highest BCUT2D eigenvalue weighted by Gasteiger charge is 2.25. The minimum absolute atomic E-state index is 0.111. The average molecular weight is 248 g/mol. The van der Waals surface area contributed by atoms with Gasteiger partial charge in [0.1, 0.15) is 5.82 Å². The number of nitrogens with zero attached hydrogens (tertiary/aromatic N) is 2. The van der Waals surface area contributed by atoms with Crippen LogP contribution in [0.3, 0.4) is 0 Å². The van der Waals surface area contributed by atoms with Gasteiger partial charge in [0.2, 0.25) is 0 Å². The number of hydrogen-bond acceptors (Lipinski definition) is 3. The van der Waals surface area contributed by atoms with Crippen LogP contribution >= 0.6 is 0 Å². The van der Waals surface area contributed by atoms with Crippen LogP contribution in [0.15, 0.2) is 18.2 Å². The largest absolute Gasteiger partial charge is 0.395 e. The van der Waals surface area contributed by atoms with Gasteiger partial charge in [-0.05, 0) is 30.5 Å². The van der Waals surface area contributed by atoms with Crippen molar-refractivity contribution < 1.29 is 9.50 Å². The second kappa shape index (κ2) is 5.94. The third-order valence-electron chi connectivity index (χ3n) is 3.54. The van der Waals surface area contributed by atoms with Crippen LogP contribution in [0.4, 0.5) is 4.39 Å². The van der Waals surface area contributed by atoms with Gasteiger partial charge in [0.25, 0.3) is 0 Å². The first-order valence-corrected chi connectivity index (χ1v) is 6.28. The molecule has 0 aliphatic heterocycles. The first-order chi connectivity index (χ1) is 8.74. The summed E-state index contributed by atoms with van der Waals surface area (Å²) >= 11 is 0. The van der Waals surface area contributed by atoms with Crippen molar-refractivity contribution in [2.75, 3.05) is 13.2 Å². The number of benzene rings is 1. The van der Waals surface area contributed by atoms with E-state index in [2.05, 4.69) is 4.90 Å². The number of aliphatic hydroxyl groups excluding tert-OH is 1. The summed E-state index contributed by atoms with van der Waals surface area (Å²) in [6, 6.07) is 6.84. The summed E-state index contributed by atoms with van der Waals surface area (Å²) in [5.74, 6) is -0.382. The number of aliphatic hydroxyl groups is 1. The maximum absolute atomic E-state index is 13.1. The van der Waals surface area contributed by atoms with Gasteiger partial charge in [-0.3, -0.25) is 4.90 Å². The number of hydrogen-bond donors (Lipinski definition) is 1. The molecule has 0 atom stereocenters. The fourth-order valence-electron chi connectivity index (χ4n) is 2.28. The molecular formula is C14H17FN2O. The molecule has 1 saturated carbocycles. The van der Waals surface area contributed by atoms with Crippen LogP contribution in [-0.4, -0.2) is 29.2 Å². The van der Waals surface area contributed by atoms with Crippen molar-refractivity contribution in [1.82, 2.24) is 4.90 Å². The van der Waals surface area contributed by atoms with Gasteiger partial charge in [-0.2, -0.15) is 5.26 Å². The van der Waals surface area contributed by atoms with Crippen molar-refractivity contribution in [2.24, 2.45) is 0 Å². The minimum Gasteiger partial charge on any atom is -0.395 e. The smallest absolute Gasteiger partial charge is 0.124 e. The lowest BCUT2D eigenvalue weighted by Crippen LogP contribution is -2.41. The molecule has 0 radical (unpaired) electrons. The highest BCUT2D eigenvalue weighted by molar-refractivity contribution is 5.37. The highest BCUT2D eigenvalue weighted by atomic mass is 19.1. The second-order valence-electron chi connectivity index (χ2n) is 4.69. The maximum atomic E-state index is 13.1. The molecule has 0 unspecified atom stereocenters. The second-order valence-corrected chi connectivity index (χ2v) is 4.69. The van der Waals surface area contributed by atoms with Gasteiger partial charge < -0.3 is 5.11 Å². The lowest BCUT2D eigenvalue weighted by Gasteiger charge is -2.37. The van der Waals surface area contributed by atoms with Crippen molar-refractivity contribution in [3.05, 3.63) is 35.1 Å². The predicted octanol–water partition coefficient (Wildman–Crippen LogP) is 2.04. The van der Waals surface area contributed by atoms with E-state index in [9.17, 15) is 4.39 Å². The normalized spacial score (nSPS) is 15.4. The van der Waals surface area contributed by atoms with E-state index in [1.165, 1.54) is 18.6 Å². The molecule has 96 valence electrons. The average Bonchev–Trinajstić information content (AvgIpc) is 2.29. The van der Waals surface area contributed by atoms with Gasteiger partial charge in [-0.15, -0.1) is 0 Å². The third-order valence-corrected chi connectivity index (χ3v) is 3.54. The molecule has 1 aromatic carbocycles. The van der Waals surface area contributed by atoms with Crippen LogP contribution in [0.25, 0.3) is 0 Å². The summed E-state index contributed by atoms with van der Waals surface area (Å²) in [6.45, 7) is 1.32. The Hall–Kier alpha value is -1.44. The predicted molar refractivity (Wildman–Crippen MR) is 66.2 cm³/mol. The Morgan fingerprint density at radius 1 is 1.44 bits per heavy atom. The lowest BCUT2D eigenvalue weighted by molar-refractivity contribution is 0.0944. The Labute approximate surface area is 106 Å². The summed E-state index contributed by atoms with van der Waals surface area (Å²) in [7, 11) is 0. The zero-order chi connectivity index (χ0) is 13.0. The van der Waals surface area contributed by atoms with Gasteiger partial charge in [0.15, 0.2) is 0 Å². The summed E-state index contributed by atoms with van der Waals surface area (Å²) in [5.41, 5.74) is 1.22. The third kappa shape index (κ3) is 2.87. The monoisotopic (exact) mass is 248 g/mol. The molecule has 0 saturated heterocycles. The molecular weight excluding hydrogens is 231 g/mol. The molecule has 1 N–H and O–H groups in total. The van der Waals surface area contributed by atoms with Crippen molar-refractivity contribution in [1.29, 1.82) is 5.26 Å². The highest BCUT2D eigenvalue weighted by Crippen LogP contribution is 2.26. The van der Waals surface area contributed by atoms with Crippen LogP contribution in [0, 0.1) is 17.1 Å². The number of rotatable bonds is 5. The van der Waals surface area contributed by atoms with Crippen LogP contribution in [0.1, 0.15) is 30.4 Å². The summed E-state index contributed by atoms with van der Waals surface area (Å²) in [6.07, 6.45) is 3.51. The Bertz CT molecular complexity index is 452. The van der Waals surface area contributed by atoms with Gasteiger partial charge >= 0.3 is 0 Å². The molecule has 0 spiro atoms. The van der Waals surface area contributed by atoms with E-state index < -0.39 is 0 Å². The van der Waals surface area contributed by atoms with Gasteiger partial charge in [-0.25, -0.2) is 4.39 Å². The van der Waals surface area contributed by atoms with Gasteiger partial charge in [0, 0.05) is 19.1 Å². The lowest BCUT2D eigenvalue weighted by atomic mass is 9.91. The van der Waals surface area contributed by atoms with Crippen LogP contribution in [0.2, 0.25) is 0 Å². The van der Waals surface area contributed by atoms with Crippen LogP contribution in [0.5, 0.6) is 0 Å². The number of halogens is 1. The Morgan fingerprint density at radius 2 is 2.22 bits per heavy atom. The van der Waals surface area contributed by atoms with Crippen molar-refractivity contribution >= 4 is 0 Å². The molecule has 1 fully saturated rings. The Kier molecular flexibility index (Phi) is 4.29. The first kappa shape index (κ1) is 13.0. The molecule has 0 bridgehead atoms. The van der Waals surface area contributed by atoms with Crippen molar-refractivity contribution in [2.45, 2.75) is 31.8 Å². The molecule has 1 aromatic rings. The van der Waals surface area contributed by atoms with Crippen LogP contribution < -0.4 is 0 Å². The van der Waals surface area contributed by atoms with E-state index in [4.69, 9.17) is 10.4 Å². The molecule has 0 amide bonds. The molecule has 1 aliphatic carbocycles. The Morgan fingerprint density at radius 3 is 2.78 bits per heavy atom. The van der Waals surface area contributed by atoms with E-state index in [0.717, 1.165) is 18.4 Å². The Balaban J connectivity index is 2.13. The SMILES string of the molecule is N#Cc1cc(F)ccc1CN(CCO)C1CCC1. The molecule has 2 rings (SSSR count). The molecule has 1 aliphatic rings. The zero-order valence-corrected chi connectivity index (χ0v) is 10.3. The first-order valence-electron chi connectivity index (χ1n) is 6.28. The van der Waals surface area contributed by atoms with E-state index in [0.29, 0.717) is 24.7 Å². The summed E-state index contributed by atoms with van der Waals surface area (Å²) in [4.78, 5) is 2.18. The fraction of sp³-hybridized carbons (Fsp3) is 0.500. The summed E-state index contributed by atoms with van der Waals surface area (Å²) in [5, 5.41) is 18.1. The molecule has 18 heavy (non-hydrogen) atoms. The fourth-order valence-corrected chi connectivity index (χ4v) is 2.28. The molecule has 0 aromatic heterocycles. The van der Waals surface area contributed by atoms with E-state index in [-0.39, 0.29) is 12.4 Å². The van der Waals surface area contributed by atoms with Crippen LogP contribution in [-0.2, 0) is 6.54 Å². The topological polar surface area (TPSA) is 47.3 Å². The molecule has 3 nitrogen and oxygen atoms in total. The van der Waals surface area contributed by atoms with E-state index in [1.807, 2.05) is 6.07 Å². The van der Waals surface area contributed by atoms with Gasteiger partial charge in [-0.1, -0.05) is 12.5 Å². The maximum Gasteiger partial charge on any atom is 0.124 e. The minimum atomic E-state index is -0.382. The quantitative estimate of drug-likeness (QED) is 0.867. The van der Waals surface area contributed by atoms with E-state index in [1.54, 1.807) is 6.07 Å². The summed E-state index contributed by atoms with van der Waals surface area (Å²) < 4.78 is 13.1. The van der Waals surface area contributed by atoms with Gasteiger partial charge in [0.05, 0.1) is 18.2 Å². The molecule has 0 heterocycles. The standard InChI is InChI=1S/C14H17FN2O/c15-13-5-4-11(12(8-13)9-16)10-17(6-7-18)14-2-1-3-14/h4-5,8,14,18H,1-3,6-7,10H2. The molecule has 4 heteroatoms. The van der Waals surface area contributed by atoms with Crippen molar-refractivity contribution in [3.63, 3.8) is 0 Å².